The lowest BCUT2D eigenvalue weighted by Gasteiger charge is -2.34. The molecule has 0 spiro atoms. The van der Waals surface area contributed by atoms with Crippen LogP contribution in [0.4, 0.5) is 13.2 Å². The Morgan fingerprint density at radius 3 is 1.93 bits per heavy atom. The van der Waals surface area contributed by atoms with Crippen molar-refractivity contribution in [2.75, 3.05) is 26.2 Å². The molecular formula is C18H19F3N4O2. The molecule has 9 heteroatoms. The molecule has 1 fully saturated rings. The SMILES string of the molecule is Cc1c(C(=O)N2CCN(C(=O)c3ccc(C(F)(F)F)cc3)CC2)cnn1C. The Kier molecular flexibility index (Phi) is 4.95. The number of rotatable bonds is 2. The zero-order chi connectivity index (χ0) is 19.8. The summed E-state index contributed by atoms with van der Waals surface area (Å²) < 4.78 is 39.5. The van der Waals surface area contributed by atoms with Gasteiger partial charge in [0.2, 0.25) is 0 Å². The van der Waals surface area contributed by atoms with Gasteiger partial charge in [0.05, 0.1) is 17.3 Å². The van der Waals surface area contributed by atoms with Crippen LogP contribution in [0, 0.1) is 6.92 Å². The normalized spacial score (nSPS) is 15.1. The van der Waals surface area contributed by atoms with Crippen molar-refractivity contribution in [2.45, 2.75) is 13.1 Å². The third-order valence-electron chi connectivity index (χ3n) is 4.78. The molecule has 2 aromatic rings. The van der Waals surface area contributed by atoms with Crippen molar-refractivity contribution >= 4 is 11.8 Å². The molecule has 1 aromatic carbocycles. The molecule has 0 bridgehead atoms. The number of carbonyl (C=O) groups is 2. The highest BCUT2D eigenvalue weighted by atomic mass is 19.4. The summed E-state index contributed by atoms with van der Waals surface area (Å²) in [7, 11) is 1.76. The van der Waals surface area contributed by atoms with Crippen molar-refractivity contribution in [3.05, 3.63) is 52.8 Å². The Bertz CT molecular complexity index is 850. The molecule has 0 N–H and O–H groups in total. The number of hydrogen-bond acceptors (Lipinski definition) is 3. The van der Waals surface area contributed by atoms with Crippen LogP contribution in [0.25, 0.3) is 0 Å². The number of amides is 2. The minimum atomic E-state index is -4.43. The van der Waals surface area contributed by atoms with Gasteiger partial charge in [0.25, 0.3) is 11.8 Å². The van der Waals surface area contributed by atoms with Gasteiger partial charge in [-0.3, -0.25) is 14.3 Å². The Hall–Kier alpha value is -2.84. The lowest BCUT2D eigenvalue weighted by molar-refractivity contribution is -0.137. The molecule has 2 amide bonds. The second-order valence-corrected chi connectivity index (χ2v) is 6.43. The lowest BCUT2D eigenvalue weighted by Crippen LogP contribution is -2.50. The van der Waals surface area contributed by atoms with Gasteiger partial charge in [-0.1, -0.05) is 0 Å². The van der Waals surface area contributed by atoms with E-state index in [0.717, 1.165) is 17.8 Å². The van der Waals surface area contributed by atoms with Crippen molar-refractivity contribution in [3.63, 3.8) is 0 Å². The molecule has 1 aliphatic rings. The number of aryl methyl sites for hydroxylation is 1. The number of hydrogen-bond donors (Lipinski definition) is 0. The Labute approximate surface area is 154 Å². The van der Waals surface area contributed by atoms with Gasteiger partial charge in [0.1, 0.15) is 0 Å². The van der Waals surface area contributed by atoms with Crippen molar-refractivity contribution < 1.29 is 22.8 Å². The monoisotopic (exact) mass is 380 g/mol. The highest BCUT2D eigenvalue weighted by Crippen LogP contribution is 2.29. The molecule has 6 nitrogen and oxygen atoms in total. The van der Waals surface area contributed by atoms with E-state index in [1.54, 1.807) is 21.5 Å². The summed E-state index contributed by atoms with van der Waals surface area (Å²) in [5.41, 5.74) is 0.704. The fraction of sp³-hybridized carbons (Fsp3) is 0.389. The van der Waals surface area contributed by atoms with Crippen molar-refractivity contribution in [1.82, 2.24) is 19.6 Å². The predicted molar refractivity (Wildman–Crippen MR) is 91.2 cm³/mol. The van der Waals surface area contributed by atoms with Crippen molar-refractivity contribution in [3.8, 4) is 0 Å². The molecule has 0 saturated carbocycles. The number of alkyl halides is 3. The van der Waals surface area contributed by atoms with Crippen LogP contribution in [-0.2, 0) is 13.2 Å². The first-order chi connectivity index (χ1) is 12.7. The summed E-state index contributed by atoms with van der Waals surface area (Å²) in [6, 6.07) is 4.17. The number of aromatic nitrogens is 2. The average Bonchev–Trinajstić information content (AvgIpc) is 2.99. The van der Waals surface area contributed by atoms with Gasteiger partial charge in [-0.05, 0) is 31.2 Å². The summed E-state index contributed by atoms with van der Waals surface area (Å²) in [6.07, 6.45) is -2.91. The number of benzene rings is 1. The van der Waals surface area contributed by atoms with Crippen LogP contribution in [0.2, 0.25) is 0 Å². The molecule has 1 saturated heterocycles. The van der Waals surface area contributed by atoms with Crippen LogP contribution in [-0.4, -0.2) is 57.6 Å². The molecule has 1 aromatic heterocycles. The molecule has 0 aliphatic carbocycles. The van der Waals surface area contributed by atoms with Gasteiger partial charge < -0.3 is 9.80 Å². The second-order valence-electron chi connectivity index (χ2n) is 6.43. The molecular weight excluding hydrogens is 361 g/mol. The van der Waals surface area contributed by atoms with E-state index in [-0.39, 0.29) is 17.4 Å². The van der Waals surface area contributed by atoms with Crippen LogP contribution in [0.15, 0.2) is 30.5 Å². The molecule has 1 aliphatic heterocycles. The second kappa shape index (κ2) is 7.05. The molecule has 2 heterocycles. The minimum absolute atomic E-state index is 0.137. The van der Waals surface area contributed by atoms with E-state index in [4.69, 9.17) is 0 Å². The topological polar surface area (TPSA) is 58.4 Å². The maximum atomic E-state index is 12.6. The standard InChI is InChI=1S/C18H19F3N4O2/c1-12-15(11-22-23(12)2)17(27)25-9-7-24(8-10-25)16(26)13-3-5-14(6-4-13)18(19,20)21/h3-6,11H,7-10H2,1-2H3. The third-order valence-corrected chi connectivity index (χ3v) is 4.78. The highest BCUT2D eigenvalue weighted by molar-refractivity contribution is 5.96. The van der Waals surface area contributed by atoms with Crippen LogP contribution >= 0.6 is 0 Å². The summed E-state index contributed by atoms with van der Waals surface area (Å²) in [5, 5.41) is 4.06. The zero-order valence-corrected chi connectivity index (χ0v) is 15.0. The first-order valence-corrected chi connectivity index (χ1v) is 8.43. The summed E-state index contributed by atoms with van der Waals surface area (Å²) in [6.45, 7) is 3.18. The number of carbonyl (C=O) groups excluding carboxylic acids is 2. The average molecular weight is 380 g/mol. The van der Waals surface area contributed by atoms with E-state index in [1.807, 2.05) is 6.92 Å². The largest absolute Gasteiger partial charge is 0.416 e. The maximum absolute atomic E-state index is 12.6. The third kappa shape index (κ3) is 3.81. The van der Waals surface area contributed by atoms with Crippen LogP contribution < -0.4 is 0 Å². The molecule has 0 radical (unpaired) electrons. The quantitative estimate of drug-likeness (QED) is 0.804. The number of halogens is 3. The molecule has 3 rings (SSSR count). The van der Waals surface area contributed by atoms with E-state index in [9.17, 15) is 22.8 Å². The van der Waals surface area contributed by atoms with E-state index in [0.29, 0.717) is 31.7 Å². The van der Waals surface area contributed by atoms with Gasteiger partial charge in [-0.2, -0.15) is 18.3 Å². The van der Waals surface area contributed by atoms with Gasteiger partial charge in [0.15, 0.2) is 0 Å². The van der Waals surface area contributed by atoms with Crippen molar-refractivity contribution in [1.29, 1.82) is 0 Å². The van der Waals surface area contributed by atoms with Crippen LogP contribution in [0.5, 0.6) is 0 Å². The smallest absolute Gasteiger partial charge is 0.335 e. The lowest BCUT2D eigenvalue weighted by atomic mass is 10.1. The fourth-order valence-corrected chi connectivity index (χ4v) is 2.98. The first kappa shape index (κ1) is 18.9. The van der Waals surface area contributed by atoms with E-state index < -0.39 is 11.7 Å². The molecule has 0 atom stereocenters. The number of piperazine rings is 1. The van der Waals surface area contributed by atoms with E-state index in [2.05, 4.69) is 5.10 Å². The zero-order valence-electron chi connectivity index (χ0n) is 15.0. The summed E-state index contributed by atoms with van der Waals surface area (Å²) in [4.78, 5) is 28.3. The fourth-order valence-electron chi connectivity index (χ4n) is 2.98. The minimum Gasteiger partial charge on any atom is -0.335 e. The van der Waals surface area contributed by atoms with Crippen LogP contribution in [0.3, 0.4) is 0 Å². The molecule has 27 heavy (non-hydrogen) atoms. The van der Waals surface area contributed by atoms with Crippen LogP contribution in [0.1, 0.15) is 32.0 Å². The first-order valence-electron chi connectivity index (χ1n) is 8.43. The Morgan fingerprint density at radius 2 is 1.48 bits per heavy atom. The summed E-state index contributed by atoms with van der Waals surface area (Å²) >= 11 is 0. The Balaban J connectivity index is 1.62. The van der Waals surface area contributed by atoms with Crippen molar-refractivity contribution in [2.24, 2.45) is 7.05 Å². The van der Waals surface area contributed by atoms with Gasteiger partial charge in [0, 0.05) is 44.5 Å². The Morgan fingerprint density at radius 1 is 0.963 bits per heavy atom. The summed E-state index contributed by atoms with van der Waals surface area (Å²) in [5.74, 6) is -0.476. The predicted octanol–water partition coefficient (Wildman–Crippen LogP) is 2.35. The van der Waals surface area contributed by atoms with Gasteiger partial charge >= 0.3 is 6.18 Å². The molecule has 144 valence electrons. The van der Waals surface area contributed by atoms with E-state index >= 15 is 0 Å². The van der Waals surface area contributed by atoms with E-state index in [1.165, 1.54) is 18.3 Å². The molecule has 0 unspecified atom stereocenters. The highest BCUT2D eigenvalue weighted by Gasteiger charge is 2.31. The van der Waals surface area contributed by atoms with Gasteiger partial charge in [-0.15, -0.1) is 0 Å². The maximum Gasteiger partial charge on any atom is 0.416 e. The van der Waals surface area contributed by atoms with Gasteiger partial charge in [-0.25, -0.2) is 0 Å². The number of nitrogens with zero attached hydrogens (tertiary/aromatic N) is 4.